The number of nitrogens with zero attached hydrogens (tertiary/aromatic N) is 4. The minimum absolute atomic E-state index is 0.0114. The SMILES string of the molecule is CCC(=O)c1ccc(-n2cnc3c(NCCC(F)(F)F)cc(Oc4ccc(O)cc4F)cc32)cc1C.CCC(=O)c1ccc(-n2cnc3c(NCCC(F)(F)F)cc(Oc4ccc(OC)cc4F)cc32)cc1C. The maximum Gasteiger partial charge on any atom is 0.390 e. The fourth-order valence-electron chi connectivity index (χ4n) is 7.78. The summed E-state index contributed by atoms with van der Waals surface area (Å²) in [4.78, 5) is 33.1. The number of aryl methyl sites for hydroxylation is 2. The summed E-state index contributed by atoms with van der Waals surface area (Å²) >= 11 is 0. The van der Waals surface area contributed by atoms with E-state index in [1.807, 2.05) is 26.0 Å². The van der Waals surface area contributed by atoms with Crippen molar-refractivity contribution in [1.82, 2.24) is 19.1 Å². The number of methoxy groups -OCH3 is 1. The molecule has 0 fully saturated rings. The van der Waals surface area contributed by atoms with Gasteiger partial charge in [0.05, 0.1) is 42.4 Å². The third kappa shape index (κ3) is 12.8. The number of ketones is 2. The number of hydrogen-bond donors (Lipinski definition) is 3. The number of anilines is 2. The molecule has 8 rings (SSSR count). The highest BCUT2D eigenvalue weighted by molar-refractivity contribution is 5.98. The van der Waals surface area contributed by atoms with Crippen molar-refractivity contribution in [3.8, 4) is 45.9 Å². The lowest BCUT2D eigenvalue weighted by atomic mass is 10.0. The van der Waals surface area contributed by atoms with Crippen LogP contribution in [0.5, 0.6) is 34.5 Å². The number of phenols is 1. The standard InChI is InChI=1S/C27H25F4N3O3.C26H23F4N3O3/c1-4-24(35)20-7-5-17(11-16(20)2)34-15-33-26-22(32-10-9-27(29,30)31)13-19(14-23(26)34)37-25-8-6-18(36-3)12-21(25)28;1-3-23(35)19-6-4-16(10-15(19)2)33-14-32-25-21(31-9-8-26(28,29)30)12-18(13-22(25)33)36-24-7-5-17(34)11-20(24)27/h5-8,11-15,32H,4,9-10H2,1-3H3;4-7,10-14,31,34H,3,8-9H2,1-2H3. The van der Waals surface area contributed by atoms with Gasteiger partial charge in [0, 0.05) is 84.8 Å². The molecule has 0 aliphatic carbocycles. The zero-order chi connectivity index (χ0) is 52.8. The highest BCUT2D eigenvalue weighted by Gasteiger charge is 2.28. The lowest BCUT2D eigenvalue weighted by Gasteiger charge is -2.14. The topological polar surface area (TPSA) is 142 Å². The molecule has 0 saturated carbocycles. The summed E-state index contributed by atoms with van der Waals surface area (Å²) in [5.41, 5.74) is 6.54. The van der Waals surface area contributed by atoms with Crippen LogP contribution in [0.2, 0.25) is 0 Å². The zero-order valence-electron chi connectivity index (χ0n) is 39.9. The number of alkyl halides is 6. The van der Waals surface area contributed by atoms with E-state index in [1.165, 1.54) is 62.2 Å². The number of hydrogen-bond acceptors (Lipinski definition) is 10. The van der Waals surface area contributed by atoms with Crippen LogP contribution >= 0.6 is 0 Å². The zero-order valence-corrected chi connectivity index (χ0v) is 39.9. The highest BCUT2D eigenvalue weighted by atomic mass is 19.4. The predicted molar refractivity (Wildman–Crippen MR) is 260 cm³/mol. The van der Waals surface area contributed by atoms with Gasteiger partial charge in [0.2, 0.25) is 0 Å². The van der Waals surface area contributed by atoms with Crippen LogP contribution in [0.1, 0.15) is 71.4 Å². The number of fused-ring (bicyclic) bond motifs is 2. The number of carbonyl (C=O) groups excluding carboxylic acids is 2. The highest BCUT2D eigenvalue weighted by Crippen LogP contribution is 2.37. The average molecular weight is 1020 g/mol. The van der Waals surface area contributed by atoms with Crippen LogP contribution in [0.25, 0.3) is 33.4 Å². The van der Waals surface area contributed by atoms with Crippen molar-refractivity contribution in [2.75, 3.05) is 30.8 Å². The number of phenolic OH excluding ortho intramolecular Hbond substituents is 1. The first-order valence-corrected chi connectivity index (χ1v) is 22.7. The van der Waals surface area contributed by atoms with Crippen LogP contribution in [-0.4, -0.2) is 68.3 Å². The van der Waals surface area contributed by atoms with Crippen molar-refractivity contribution in [2.45, 2.75) is 65.7 Å². The molecule has 0 spiro atoms. The predicted octanol–water partition coefficient (Wildman–Crippen LogP) is 14.2. The first-order chi connectivity index (χ1) is 34.6. The Balaban J connectivity index is 0.000000214. The number of aromatic hydroxyl groups is 1. The van der Waals surface area contributed by atoms with Gasteiger partial charge in [-0.1, -0.05) is 13.8 Å². The van der Waals surface area contributed by atoms with Crippen LogP contribution in [0, 0.1) is 25.5 Å². The lowest BCUT2D eigenvalue weighted by molar-refractivity contribution is -0.132. The number of aromatic nitrogens is 4. The Morgan fingerprint density at radius 1 is 0.589 bits per heavy atom. The Morgan fingerprint density at radius 2 is 1.03 bits per heavy atom. The molecule has 73 heavy (non-hydrogen) atoms. The second-order valence-electron chi connectivity index (χ2n) is 16.7. The van der Waals surface area contributed by atoms with Crippen LogP contribution in [-0.2, 0) is 0 Å². The van der Waals surface area contributed by atoms with Gasteiger partial charge in [-0.15, -0.1) is 0 Å². The van der Waals surface area contributed by atoms with Crippen molar-refractivity contribution >= 4 is 45.0 Å². The number of imidazole rings is 2. The fraction of sp³-hybridized carbons (Fsp3) is 0.245. The fourth-order valence-corrected chi connectivity index (χ4v) is 7.78. The molecule has 8 aromatic rings. The minimum Gasteiger partial charge on any atom is -0.508 e. The molecule has 2 aromatic heterocycles. The maximum atomic E-state index is 14.5. The van der Waals surface area contributed by atoms with Gasteiger partial charge in [0.1, 0.15) is 46.7 Å². The van der Waals surface area contributed by atoms with E-state index in [0.717, 1.165) is 17.2 Å². The molecule has 3 N–H and O–H groups in total. The third-order valence-corrected chi connectivity index (χ3v) is 11.4. The van der Waals surface area contributed by atoms with E-state index in [2.05, 4.69) is 20.6 Å². The summed E-state index contributed by atoms with van der Waals surface area (Å²) in [6.45, 7) is 6.45. The molecule has 6 aromatic carbocycles. The van der Waals surface area contributed by atoms with E-state index in [-0.39, 0.29) is 52.5 Å². The van der Waals surface area contributed by atoms with Crippen molar-refractivity contribution in [2.24, 2.45) is 0 Å². The molecule has 2 heterocycles. The van der Waals surface area contributed by atoms with Gasteiger partial charge in [-0.25, -0.2) is 18.7 Å². The third-order valence-electron chi connectivity index (χ3n) is 11.4. The minimum atomic E-state index is -4.34. The van der Waals surface area contributed by atoms with E-state index in [0.29, 0.717) is 68.8 Å². The lowest BCUT2D eigenvalue weighted by Crippen LogP contribution is -2.14. The normalized spacial score (nSPS) is 11.6. The summed E-state index contributed by atoms with van der Waals surface area (Å²) in [5, 5.41) is 15.0. The van der Waals surface area contributed by atoms with Gasteiger partial charge in [-0.3, -0.25) is 18.7 Å². The maximum absolute atomic E-state index is 14.5. The molecular formula is C53H48F8N6O6. The van der Waals surface area contributed by atoms with E-state index >= 15 is 0 Å². The number of Topliss-reactive ketones (excluding diaryl/α,β-unsaturated/α-hetero) is 2. The Kier molecular flexibility index (Phi) is 15.9. The van der Waals surface area contributed by atoms with Crippen molar-refractivity contribution in [1.29, 1.82) is 0 Å². The largest absolute Gasteiger partial charge is 0.508 e. The van der Waals surface area contributed by atoms with Crippen molar-refractivity contribution < 1.29 is 64.0 Å². The molecule has 0 amide bonds. The number of halogens is 8. The van der Waals surface area contributed by atoms with E-state index < -0.39 is 43.4 Å². The number of benzene rings is 6. The second-order valence-corrected chi connectivity index (χ2v) is 16.7. The molecule has 20 heteroatoms. The summed E-state index contributed by atoms with van der Waals surface area (Å²) in [5.74, 6) is -1.29. The van der Waals surface area contributed by atoms with Gasteiger partial charge < -0.3 is 30.0 Å². The average Bonchev–Trinajstić information content (AvgIpc) is 3.97. The number of ether oxygens (including phenoxy) is 3. The van der Waals surface area contributed by atoms with Gasteiger partial charge in [0.15, 0.2) is 34.7 Å². The summed E-state index contributed by atoms with van der Waals surface area (Å²) in [6, 6.07) is 24.2. The van der Waals surface area contributed by atoms with E-state index in [4.69, 9.17) is 14.2 Å². The molecule has 382 valence electrons. The Bertz CT molecular complexity index is 3310. The molecule has 0 aliphatic heterocycles. The second kappa shape index (κ2) is 22.1. The van der Waals surface area contributed by atoms with Crippen LogP contribution in [0.15, 0.2) is 110 Å². The first kappa shape index (κ1) is 52.7. The van der Waals surface area contributed by atoms with Crippen LogP contribution < -0.4 is 24.8 Å². The Hall–Kier alpha value is -8.16. The molecule has 0 unspecified atom stereocenters. The smallest absolute Gasteiger partial charge is 0.390 e. The number of nitrogens with one attached hydrogen (secondary N) is 2. The molecule has 0 atom stereocenters. The van der Waals surface area contributed by atoms with Gasteiger partial charge in [0.25, 0.3) is 0 Å². The summed E-state index contributed by atoms with van der Waals surface area (Å²) < 4.78 is 125. The molecule has 0 saturated heterocycles. The van der Waals surface area contributed by atoms with Gasteiger partial charge in [-0.05, 0) is 85.6 Å². The van der Waals surface area contributed by atoms with Crippen LogP contribution in [0.3, 0.4) is 0 Å². The number of carbonyl (C=O) groups is 2. The Labute approximate surface area is 413 Å². The van der Waals surface area contributed by atoms with Gasteiger partial charge in [-0.2, -0.15) is 26.3 Å². The van der Waals surface area contributed by atoms with E-state index in [1.54, 1.807) is 59.4 Å². The molecule has 12 nitrogen and oxygen atoms in total. The summed E-state index contributed by atoms with van der Waals surface area (Å²) in [7, 11) is 1.41. The molecule has 0 aliphatic rings. The van der Waals surface area contributed by atoms with Gasteiger partial charge >= 0.3 is 12.4 Å². The first-order valence-electron chi connectivity index (χ1n) is 22.7. The molecule has 0 bridgehead atoms. The number of rotatable bonds is 17. The monoisotopic (exact) mass is 1020 g/mol. The molecule has 0 radical (unpaired) electrons. The van der Waals surface area contributed by atoms with Crippen LogP contribution in [0.4, 0.5) is 46.5 Å². The van der Waals surface area contributed by atoms with Crippen molar-refractivity contribution in [3.05, 3.63) is 144 Å². The molecular weight excluding hydrogens is 969 g/mol. The quantitative estimate of drug-likeness (QED) is 0.0596. The summed E-state index contributed by atoms with van der Waals surface area (Å²) in [6.07, 6.45) is -6.98. The Morgan fingerprint density at radius 3 is 1.41 bits per heavy atom. The van der Waals surface area contributed by atoms with Crippen molar-refractivity contribution in [3.63, 3.8) is 0 Å². The van der Waals surface area contributed by atoms with E-state index in [9.17, 15) is 49.8 Å².